The molecule has 0 spiro atoms. The Balaban J connectivity index is 1.60. The quantitative estimate of drug-likeness (QED) is 0.642. The lowest BCUT2D eigenvalue weighted by Gasteiger charge is -2.07. The number of aromatic amines is 1. The number of benzene rings is 2. The Kier molecular flexibility index (Phi) is 5.23. The average molecular weight is 374 g/mol. The topological polar surface area (TPSA) is 74.0 Å². The number of hydrogen-bond donors (Lipinski definition) is 3. The van der Waals surface area contributed by atoms with Crippen molar-refractivity contribution in [3.8, 4) is 0 Å². The van der Waals surface area contributed by atoms with Gasteiger partial charge in [0.25, 0.3) is 5.91 Å². The number of halogens is 2. The van der Waals surface area contributed by atoms with Crippen LogP contribution in [-0.2, 0) is 11.3 Å². The number of rotatable bonds is 5. The van der Waals surface area contributed by atoms with Crippen molar-refractivity contribution in [2.75, 3.05) is 6.54 Å². The molecule has 3 N–H and O–H groups in total. The largest absolute Gasteiger partial charge is 0.358 e. The van der Waals surface area contributed by atoms with Gasteiger partial charge in [-0.2, -0.15) is 0 Å². The van der Waals surface area contributed by atoms with Crippen molar-refractivity contribution in [1.29, 1.82) is 0 Å². The van der Waals surface area contributed by atoms with E-state index >= 15 is 0 Å². The molecule has 2 aromatic carbocycles. The molecule has 26 heavy (non-hydrogen) atoms. The zero-order valence-electron chi connectivity index (χ0n) is 14.0. The summed E-state index contributed by atoms with van der Waals surface area (Å²) in [4.78, 5) is 27.4. The maximum Gasteiger partial charge on any atom is 0.254 e. The zero-order valence-corrected chi connectivity index (χ0v) is 14.8. The van der Waals surface area contributed by atoms with Crippen LogP contribution in [0.25, 0.3) is 10.9 Å². The highest BCUT2D eigenvalue weighted by Gasteiger charge is 2.17. The van der Waals surface area contributed by atoms with Gasteiger partial charge in [-0.05, 0) is 42.8 Å². The van der Waals surface area contributed by atoms with E-state index in [4.69, 9.17) is 11.6 Å². The molecule has 3 aromatic rings. The van der Waals surface area contributed by atoms with Gasteiger partial charge in [-0.1, -0.05) is 23.7 Å². The molecule has 134 valence electrons. The third kappa shape index (κ3) is 4.03. The molecular weight excluding hydrogens is 357 g/mol. The summed E-state index contributed by atoms with van der Waals surface area (Å²) in [6, 6.07) is 11.3. The van der Waals surface area contributed by atoms with Crippen LogP contribution in [0.15, 0.2) is 42.5 Å². The minimum absolute atomic E-state index is 0.173. The van der Waals surface area contributed by atoms with Crippen LogP contribution in [0, 0.1) is 12.7 Å². The molecule has 5 nitrogen and oxygen atoms in total. The van der Waals surface area contributed by atoms with E-state index in [2.05, 4.69) is 15.6 Å². The van der Waals surface area contributed by atoms with Crippen molar-refractivity contribution in [3.63, 3.8) is 0 Å². The predicted octanol–water partition coefficient (Wildman–Crippen LogP) is 3.32. The number of nitrogens with one attached hydrogen (secondary N) is 3. The summed E-state index contributed by atoms with van der Waals surface area (Å²) in [5, 5.41) is 6.39. The second-order valence-electron chi connectivity index (χ2n) is 5.90. The fourth-order valence-corrected chi connectivity index (χ4v) is 2.83. The van der Waals surface area contributed by atoms with Crippen molar-refractivity contribution in [3.05, 3.63) is 70.1 Å². The van der Waals surface area contributed by atoms with Crippen LogP contribution < -0.4 is 10.6 Å². The van der Waals surface area contributed by atoms with Crippen molar-refractivity contribution in [2.24, 2.45) is 0 Å². The summed E-state index contributed by atoms with van der Waals surface area (Å²) in [6.07, 6.45) is 0. The molecule has 0 atom stereocenters. The van der Waals surface area contributed by atoms with E-state index in [0.29, 0.717) is 33.7 Å². The third-order valence-electron chi connectivity index (χ3n) is 3.99. The van der Waals surface area contributed by atoms with Gasteiger partial charge >= 0.3 is 0 Å². The molecule has 0 fully saturated rings. The number of H-pyrrole nitrogens is 1. The Morgan fingerprint density at radius 2 is 1.85 bits per heavy atom. The maximum atomic E-state index is 13.5. The fourth-order valence-electron chi connectivity index (χ4n) is 2.71. The SMILES string of the molecule is Cc1[nH]c2ccc(F)cc2c1C(=O)NCC(=O)NCc1ccc(Cl)cc1. The fraction of sp³-hybridized carbons (Fsp3) is 0.158. The maximum absolute atomic E-state index is 13.5. The van der Waals surface area contributed by atoms with E-state index in [0.717, 1.165) is 5.56 Å². The summed E-state index contributed by atoms with van der Waals surface area (Å²) in [5.74, 6) is -1.18. The van der Waals surface area contributed by atoms with Crippen LogP contribution in [0.5, 0.6) is 0 Å². The number of amides is 2. The second-order valence-corrected chi connectivity index (χ2v) is 6.34. The Labute approximate surface area is 154 Å². The van der Waals surface area contributed by atoms with Crippen LogP contribution in [0.3, 0.4) is 0 Å². The summed E-state index contributed by atoms with van der Waals surface area (Å²) < 4.78 is 13.5. The molecule has 0 saturated heterocycles. The van der Waals surface area contributed by atoms with Gasteiger partial charge in [0.2, 0.25) is 5.91 Å². The number of carbonyl (C=O) groups is 2. The highest BCUT2D eigenvalue weighted by molar-refractivity contribution is 6.30. The van der Waals surface area contributed by atoms with Crippen LogP contribution in [-0.4, -0.2) is 23.3 Å². The monoisotopic (exact) mass is 373 g/mol. The molecule has 0 saturated carbocycles. The number of aryl methyl sites for hydroxylation is 1. The zero-order chi connectivity index (χ0) is 18.7. The molecule has 1 heterocycles. The predicted molar refractivity (Wildman–Crippen MR) is 98.6 cm³/mol. The number of hydrogen-bond acceptors (Lipinski definition) is 2. The lowest BCUT2D eigenvalue weighted by Crippen LogP contribution is -2.36. The minimum atomic E-state index is -0.430. The molecule has 0 aliphatic heterocycles. The Bertz CT molecular complexity index is 967. The summed E-state index contributed by atoms with van der Waals surface area (Å²) >= 11 is 5.81. The lowest BCUT2D eigenvalue weighted by atomic mass is 10.1. The first kappa shape index (κ1) is 17.9. The van der Waals surface area contributed by atoms with Gasteiger partial charge in [-0.15, -0.1) is 0 Å². The first-order valence-corrected chi connectivity index (χ1v) is 8.39. The van der Waals surface area contributed by atoms with Gasteiger partial charge in [0.15, 0.2) is 0 Å². The number of carbonyl (C=O) groups excluding carboxylic acids is 2. The summed E-state index contributed by atoms with van der Waals surface area (Å²) in [5.41, 5.74) is 2.52. The smallest absolute Gasteiger partial charge is 0.254 e. The van der Waals surface area contributed by atoms with Gasteiger partial charge < -0.3 is 15.6 Å². The van der Waals surface area contributed by atoms with Crippen molar-refractivity contribution < 1.29 is 14.0 Å². The van der Waals surface area contributed by atoms with E-state index in [1.54, 1.807) is 25.1 Å². The van der Waals surface area contributed by atoms with Crippen LogP contribution in [0.2, 0.25) is 5.02 Å². The minimum Gasteiger partial charge on any atom is -0.358 e. The molecule has 0 aliphatic rings. The second kappa shape index (κ2) is 7.58. The average Bonchev–Trinajstić information content (AvgIpc) is 2.94. The normalized spacial score (nSPS) is 10.7. The van der Waals surface area contributed by atoms with E-state index < -0.39 is 11.7 Å². The lowest BCUT2D eigenvalue weighted by molar-refractivity contribution is -0.120. The van der Waals surface area contributed by atoms with E-state index in [1.165, 1.54) is 12.1 Å². The number of aromatic nitrogens is 1. The van der Waals surface area contributed by atoms with Crippen LogP contribution >= 0.6 is 11.6 Å². The van der Waals surface area contributed by atoms with E-state index in [-0.39, 0.29) is 12.5 Å². The molecule has 1 aromatic heterocycles. The number of fused-ring (bicyclic) bond motifs is 1. The van der Waals surface area contributed by atoms with Gasteiger partial charge in [0.05, 0.1) is 12.1 Å². The van der Waals surface area contributed by atoms with Gasteiger partial charge in [-0.25, -0.2) is 4.39 Å². The first-order chi connectivity index (χ1) is 12.4. The van der Waals surface area contributed by atoms with Gasteiger partial charge in [0, 0.05) is 28.2 Å². The molecule has 2 amide bonds. The highest BCUT2D eigenvalue weighted by Crippen LogP contribution is 2.22. The molecular formula is C19H17ClFN3O2. The van der Waals surface area contributed by atoms with Gasteiger partial charge in [-0.3, -0.25) is 9.59 Å². The summed E-state index contributed by atoms with van der Waals surface area (Å²) in [7, 11) is 0. The van der Waals surface area contributed by atoms with Crippen molar-refractivity contribution >= 4 is 34.3 Å². The third-order valence-corrected chi connectivity index (χ3v) is 4.24. The Morgan fingerprint density at radius 3 is 2.58 bits per heavy atom. The first-order valence-electron chi connectivity index (χ1n) is 8.01. The van der Waals surface area contributed by atoms with Crippen molar-refractivity contribution in [2.45, 2.75) is 13.5 Å². The molecule has 0 bridgehead atoms. The highest BCUT2D eigenvalue weighted by atomic mass is 35.5. The van der Waals surface area contributed by atoms with Crippen LogP contribution in [0.1, 0.15) is 21.6 Å². The standard InChI is InChI=1S/C19H17ClFN3O2/c1-11-18(15-8-14(21)6-7-16(15)24-11)19(26)23-10-17(25)22-9-12-2-4-13(20)5-3-12/h2-8,24H,9-10H2,1H3,(H,22,25)(H,23,26). The van der Waals surface area contributed by atoms with E-state index in [1.807, 2.05) is 12.1 Å². The Hall–Kier alpha value is -2.86. The molecule has 3 rings (SSSR count). The molecule has 0 aliphatic carbocycles. The van der Waals surface area contributed by atoms with Crippen molar-refractivity contribution in [1.82, 2.24) is 15.6 Å². The molecule has 7 heteroatoms. The molecule has 0 radical (unpaired) electrons. The Morgan fingerprint density at radius 1 is 1.12 bits per heavy atom. The van der Waals surface area contributed by atoms with E-state index in [9.17, 15) is 14.0 Å². The van der Waals surface area contributed by atoms with Gasteiger partial charge in [0.1, 0.15) is 5.82 Å². The summed E-state index contributed by atoms with van der Waals surface area (Å²) in [6.45, 7) is 1.89. The van der Waals surface area contributed by atoms with Crippen LogP contribution in [0.4, 0.5) is 4.39 Å². The molecule has 0 unspecified atom stereocenters.